The van der Waals surface area contributed by atoms with Crippen molar-refractivity contribution < 1.29 is 9.53 Å². The summed E-state index contributed by atoms with van der Waals surface area (Å²) in [6.07, 6.45) is 12.0. The van der Waals surface area contributed by atoms with Crippen LogP contribution in [0.25, 0.3) is 6.08 Å². The lowest BCUT2D eigenvalue weighted by molar-refractivity contribution is -0.0644. The zero-order chi connectivity index (χ0) is 20.4. The van der Waals surface area contributed by atoms with Gasteiger partial charge in [-0.15, -0.1) is 0 Å². The summed E-state index contributed by atoms with van der Waals surface area (Å²) in [5.74, 6) is 2.52. The van der Waals surface area contributed by atoms with E-state index in [9.17, 15) is 4.79 Å². The third-order valence-electron chi connectivity index (χ3n) is 7.51. The molecule has 30 heavy (non-hydrogen) atoms. The van der Waals surface area contributed by atoms with E-state index in [1.807, 2.05) is 36.4 Å². The highest BCUT2D eigenvalue weighted by Crippen LogP contribution is 2.61. The summed E-state index contributed by atoms with van der Waals surface area (Å²) < 4.78 is 5.59. The molecular formula is C27H31NO2. The molecule has 3 heteroatoms. The van der Waals surface area contributed by atoms with Crippen molar-refractivity contribution in [2.45, 2.75) is 51.2 Å². The summed E-state index contributed by atoms with van der Waals surface area (Å²) in [7, 11) is 0. The van der Waals surface area contributed by atoms with Gasteiger partial charge in [-0.2, -0.15) is 0 Å². The SMILES string of the molecule is O=C(N[C@H](/C=C/c1ccccc1)C12CC3CC(CC(C3)C1)C2)OCc1ccccc1. The molecule has 4 bridgehead atoms. The van der Waals surface area contributed by atoms with Crippen LogP contribution in [-0.4, -0.2) is 12.1 Å². The molecule has 0 aromatic heterocycles. The Balaban J connectivity index is 1.33. The van der Waals surface area contributed by atoms with Gasteiger partial charge in [0.05, 0.1) is 6.04 Å². The number of hydrogen-bond donors (Lipinski definition) is 1. The molecule has 0 radical (unpaired) electrons. The maximum Gasteiger partial charge on any atom is 0.407 e. The summed E-state index contributed by atoms with van der Waals surface area (Å²) >= 11 is 0. The van der Waals surface area contributed by atoms with Crippen LogP contribution in [0.4, 0.5) is 4.79 Å². The molecule has 4 aliphatic rings. The zero-order valence-corrected chi connectivity index (χ0v) is 17.5. The van der Waals surface area contributed by atoms with Crippen molar-refractivity contribution >= 4 is 12.2 Å². The van der Waals surface area contributed by atoms with Crippen LogP contribution in [0.2, 0.25) is 0 Å². The number of alkyl carbamates (subject to hydrolysis) is 1. The van der Waals surface area contributed by atoms with Crippen LogP contribution in [-0.2, 0) is 11.3 Å². The van der Waals surface area contributed by atoms with Gasteiger partial charge in [-0.25, -0.2) is 4.79 Å². The third-order valence-corrected chi connectivity index (χ3v) is 7.51. The molecule has 156 valence electrons. The number of carbonyl (C=O) groups excluding carboxylic acids is 1. The van der Waals surface area contributed by atoms with Crippen molar-refractivity contribution in [2.75, 3.05) is 0 Å². The van der Waals surface area contributed by atoms with E-state index in [2.05, 4.69) is 41.7 Å². The van der Waals surface area contributed by atoms with Crippen molar-refractivity contribution in [1.82, 2.24) is 5.32 Å². The summed E-state index contributed by atoms with van der Waals surface area (Å²) in [6, 6.07) is 20.3. The van der Waals surface area contributed by atoms with E-state index in [1.54, 1.807) is 0 Å². The van der Waals surface area contributed by atoms with Gasteiger partial charge in [-0.1, -0.05) is 72.8 Å². The molecule has 2 aromatic carbocycles. The number of carbonyl (C=O) groups is 1. The lowest BCUT2D eigenvalue weighted by atomic mass is 9.47. The van der Waals surface area contributed by atoms with Gasteiger partial charge in [0.2, 0.25) is 0 Å². The van der Waals surface area contributed by atoms with E-state index < -0.39 is 0 Å². The molecule has 6 rings (SSSR count). The smallest absolute Gasteiger partial charge is 0.407 e. The molecule has 0 saturated heterocycles. The normalized spacial score (nSPS) is 30.3. The number of nitrogens with one attached hydrogen (secondary N) is 1. The first-order valence-electron chi connectivity index (χ1n) is 11.4. The average molecular weight is 402 g/mol. The van der Waals surface area contributed by atoms with Crippen molar-refractivity contribution in [2.24, 2.45) is 23.2 Å². The maximum absolute atomic E-state index is 12.8. The summed E-state index contributed by atoms with van der Waals surface area (Å²) in [5.41, 5.74) is 2.37. The lowest BCUT2D eigenvalue weighted by Crippen LogP contribution is -2.56. The topological polar surface area (TPSA) is 38.3 Å². The Hall–Kier alpha value is -2.55. The fraction of sp³-hybridized carbons (Fsp3) is 0.444. The number of rotatable bonds is 6. The molecule has 0 unspecified atom stereocenters. The molecule has 1 N–H and O–H groups in total. The average Bonchev–Trinajstić information content (AvgIpc) is 2.75. The Morgan fingerprint density at radius 2 is 1.50 bits per heavy atom. The fourth-order valence-corrected chi connectivity index (χ4v) is 6.63. The Labute approximate surface area is 179 Å². The molecular weight excluding hydrogens is 370 g/mol. The largest absolute Gasteiger partial charge is 0.445 e. The highest BCUT2D eigenvalue weighted by Gasteiger charge is 2.54. The first-order chi connectivity index (χ1) is 14.7. The minimum atomic E-state index is -0.308. The third kappa shape index (κ3) is 4.16. The molecule has 3 nitrogen and oxygen atoms in total. The van der Waals surface area contributed by atoms with E-state index in [4.69, 9.17) is 4.74 Å². The first-order valence-corrected chi connectivity index (χ1v) is 11.4. The van der Waals surface area contributed by atoms with Crippen molar-refractivity contribution in [3.05, 3.63) is 77.9 Å². The highest BCUT2D eigenvalue weighted by atomic mass is 16.5. The van der Waals surface area contributed by atoms with Crippen LogP contribution >= 0.6 is 0 Å². The van der Waals surface area contributed by atoms with Gasteiger partial charge in [0.15, 0.2) is 0 Å². The standard InChI is InChI=1S/C27H31NO2/c29-26(30-19-21-9-5-2-6-10-21)28-25(12-11-20-7-3-1-4-8-20)27-16-22-13-23(17-27)15-24(14-22)18-27/h1-12,22-25H,13-19H2,(H,28,29)/b12-11+/t22?,23?,24?,25-,27?/m1/s1. The quantitative estimate of drug-likeness (QED) is 0.625. The van der Waals surface area contributed by atoms with E-state index in [-0.39, 0.29) is 17.6 Å². The Morgan fingerprint density at radius 1 is 0.933 bits per heavy atom. The van der Waals surface area contributed by atoms with Gasteiger partial charge in [-0.05, 0) is 72.8 Å². The van der Waals surface area contributed by atoms with Crippen LogP contribution < -0.4 is 5.32 Å². The van der Waals surface area contributed by atoms with E-state index >= 15 is 0 Å². The van der Waals surface area contributed by atoms with Crippen LogP contribution in [0.15, 0.2) is 66.7 Å². The van der Waals surface area contributed by atoms with Gasteiger partial charge in [0, 0.05) is 0 Å². The van der Waals surface area contributed by atoms with Gasteiger partial charge in [-0.3, -0.25) is 0 Å². The van der Waals surface area contributed by atoms with Crippen LogP contribution in [0.5, 0.6) is 0 Å². The van der Waals surface area contributed by atoms with Crippen molar-refractivity contribution in [3.63, 3.8) is 0 Å². The Kier molecular flexibility index (Phi) is 5.37. The summed E-state index contributed by atoms with van der Waals surface area (Å²) in [4.78, 5) is 12.8. The fourth-order valence-electron chi connectivity index (χ4n) is 6.63. The van der Waals surface area contributed by atoms with Gasteiger partial charge in [0.1, 0.15) is 6.61 Å². The minimum Gasteiger partial charge on any atom is -0.445 e. The highest BCUT2D eigenvalue weighted by molar-refractivity contribution is 5.68. The maximum atomic E-state index is 12.8. The van der Waals surface area contributed by atoms with Crippen LogP contribution in [0.1, 0.15) is 49.7 Å². The van der Waals surface area contributed by atoms with Gasteiger partial charge in [0.25, 0.3) is 0 Å². The van der Waals surface area contributed by atoms with E-state index in [0.717, 1.165) is 23.3 Å². The Bertz CT molecular complexity index is 854. The predicted octanol–water partition coefficient (Wildman–Crippen LogP) is 6.21. The number of benzene rings is 2. The lowest BCUT2D eigenvalue weighted by Gasteiger charge is -2.59. The summed E-state index contributed by atoms with van der Waals surface area (Å²) in [5, 5.41) is 3.27. The van der Waals surface area contributed by atoms with Gasteiger partial charge < -0.3 is 10.1 Å². The van der Waals surface area contributed by atoms with Crippen molar-refractivity contribution in [3.8, 4) is 0 Å². The van der Waals surface area contributed by atoms with Crippen molar-refractivity contribution in [1.29, 1.82) is 0 Å². The number of ether oxygens (including phenoxy) is 1. The molecule has 4 saturated carbocycles. The summed E-state index contributed by atoms with van der Waals surface area (Å²) in [6.45, 7) is 0.308. The molecule has 4 fully saturated rings. The first kappa shape index (κ1) is 19.4. The van der Waals surface area contributed by atoms with E-state index in [0.29, 0.717) is 6.61 Å². The van der Waals surface area contributed by atoms with Gasteiger partial charge >= 0.3 is 6.09 Å². The molecule has 1 amide bonds. The molecule has 1 atom stereocenters. The minimum absolute atomic E-state index is 0.0226. The predicted molar refractivity (Wildman–Crippen MR) is 120 cm³/mol. The molecule has 2 aromatic rings. The zero-order valence-electron chi connectivity index (χ0n) is 17.5. The molecule has 0 aliphatic heterocycles. The Morgan fingerprint density at radius 3 is 2.10 bits per heavy atom. The van der Waals surface area contributed by atoms with E-state index in [1.165, 1.54) is 44.1 Å². The number of hydrogen-bond acceptors (Lipinski definition) is 2. The second-order valence-corrected chi connectivity index (χ2v) is 9.73. The number of amides is 1. The molecule has 4 aliphatic carbocycles. The van der Waals surface area contributed by atoms with Crippen LogP contribution in [0, 0.1) is 23.2 Å². The van der Waals surface area contributed by atoms with Crippen LogP contribution in [0.3, 0.4) is 0 Å². The second-order valence-electron chi connectivity index (χ2n) is 9.73. The molecule has 0 heterocycles. The second kappa shape index (κ2) is 8.29. The molecule has 0 spiro atoms. The monoisotopic (exact) mass is 401 g/mol.